The van der Waals surface area contributed by atoms with Gasteiger partial charge in [-0.2, -0.15) is 0 Å². The van der Waals surface area contributed by atoms with Gasteiger partial charge < -0.3 is 5.73 Å². The monoisotopic (exact) mass is 1460 g/mol. The Kier molecular flexibility index (Phi) is 26.3. The van der Waals surface area contributed by atoms with Gasteiger partial charge in [-0.15, -0.1) is 0 Å². The number of carbonyl (C=O) groups is 4. The van der Waals surface area contributed by atoms with Crippen molar-refractivity contribution in [2.24, 2.45) is 0 Å². The molecule has 0 spiro atoms. The highest BCUT2D eigenvalue weighted by Crippen LogP contribution is 2.30. The summed E-state index contributed by atoms with van der Waals surface area (Å²) in [5.74, 6) is -1.78. The molecule has 7 nitrogen and oxygen atoms in total. The molecule has 2 aromatic heterocycles. The number of nitrogens with zero attached hydrogens (tertiary/aromatic N) is 2. The lowest BCUT2D eigenvalue weighted by Crippen LogP contribution is -2.06. The van der Waals surface area contributed by atoms with E-state index in [-0.39, 0.29) is 57.3 Å². The number of hydrogen-bond acceptors (Lipinski definition) is 7. The van der Waals surface area contributed by atoms with Gasteiger partial charge in [-0.25, -0.2) is 31.9 Å². The van der Waals surface area contributed by atoms with Crippen molar-refractivity contribution in [2.75, 3.05) is 5.73 Å². The number of hydrogen-bond donors (Lipinski definition) is 1. The lowest BCUT2D eigenvalue weighted by atomic mass is 9.97. The highest BCUT2D eigenvalue weighted by Gasteiger charge is 2.16. The molecule has 408 valence electrons. The molecule has 0 saturated carbocycles. The number of aldehydes is 1. The van der Waals surface area contributed by atoms with Crippen molar-refractivity contribution in [3.63, 3.8) is 0 Å². The molecule has 2 heterocycles. The molecule has 9 aromatic rings. The maximum Gasteiger partial charge on any atom is 0.245 e. The van der Waals surface area contributed by atoms with Gasteiger partial charge in [0, 0.05) is 29.3 Å². The zero-order valence-corrected chi connectivity index (χ0v) is 51.1. The summed E-state index contributed by atoms with van der Waals surface area (Å²) in [6, 6.07) is 42.4. The largest absolute Gasteiger partial charge is 0.398 e. The summed E-state index contributed by atoms with van der Waals surface area (Å²) >= 11 is 32.0. The highest BCUT2D eigenvalue weighted by molar-refractivity contribution is 9.11. The summed E-state index contributed by atoms with van der Waals surface area (Å²) in [5, 5.41) is 1.50. The first kappa shape index (κ1) is 64.8. The molecule has 0 fully saturated rings. The standard InChI is InChI=1S/C16H12BrFO.C10H4BrClFNO.C10H6BrFO.C9H4BrClFN.C9H7ClO.C6H5BrFN/c17-16-13(7-4-8-15(16)18)11-14(19)10-9-12-5-2-1-3-6-12;11-8-7(13)2-1-5-3-6(4-15)10(12)14-9(5)8;11-10-8-5-7(13)3-1-6(8)2-4-9(10)12;10-8-6(12)3-1-5-2-4-7(11)13-9(5)8;10-9(11)7-6-8-4-2-1-3-5-8;7-6-4(8)2-1-3-5(6)9/h1-10H,11H2;1-4H;1-4H,5H2;1-4H;1-7H;1-3H,9H2/b10-9+;;;;7-6+;. The molecule has 1 aliphatic rings. The molecule has 2 N–H and O–H groups in total. The van der Waals surface area contributed by atoms with Crippen LogP contribution in [0.25, 0.3) is 40.0 Å². The normalized spacial score (nSPS) is 11.1. The molecule has 20 heteroatoms. The molecule has 0 radical (unpaired) electrons. The van der Waals surface area contributed by atoms with Crippen molar-refractivity contribution in [1.82, 2.24) is 9.97 Å². The molecule has 0 aliphatic heterocycles. The number of nitrogens with two attached hydrogens (primary N) is 1. The Morgan fingerprint density at radius 2 is 1.07 bits per heavy atom. The predicted octanol–water partition coefficient (Wildman–Crippen LogP) is 19.2. The van der Waals surface area contributed by atoms with E-state index in [1.54, 1.807) is 78.9 Å². The minimum atomic E-state index is -0.450. The Morgan fingerprint density at radius 1 is 0.562 bits per heavy atom. The summed E-state index contributed by atoms with van der Waals surface area (Å²) in [6.45, 7) is 0. The SMILES string of the molecule is Fc1ccc2ccc(Cl)nc2c1Br.Nc1cccc(F)c1Br.O=C(/C=C/c1ccccc1)Cc1cccc(F)c1Br.O=C(Cl)/C=C/c1ccccc1.O=C1C=Cc2ccc(F)c(Br)c2C1.O=Cc1cc2ccc(F)c(Br)c2nc1Cl. The fraction of sp³-hybridized carbons (Fsp3) is 0.0333. The Bertz CT molecular complexity index is 3760. The van der Waals surface area contributed by atoms with Gasteiger partial charge in [0.05, 0.1) is 39.0 Å². The molecule has 80 heavy (non-hydrogen) atoms. The number of nitrogen functional groups attached to an aromatic ring is 1. The van der Waals surface area contributed by atoms with E-state index in [9.17, 15) is 41.1 Å². The van der Waals surface area contributed by atoms with Gasteiger partial charge in [-0.1, -0.05) is 126 Å². The van der Waals surface area contributed by atoms with Crippen LogP contribution < -0.4 is 5.73 Å². The van der Waals surface area contributed by atoms with Crippen LogP contribution in [-0.2, 0) is 27.2 Å². The third-order valence-corrected chi connectivity index (χ3v) is 15.3. The molecule has 1 aliphatic carbocycles. The number of fused-ring (bicyclic) bond motifs is 3. The number of anilines is 1. The second-order valence-corrected chi connectivity index (χ2v) is 21.3. The molecule has 10 rings (SSSR count). The first-order chi connectivity index (χ1) is 38.2. The molecule has 0 atom stereocenters. The van der Waals surface area contributed by atoms with Crippen LogP contribution >= 0.6 is 114 Å². The topological polar surface area (TPSA) is 120 Å². The number of ketones is 2. The van der Waals surface area contributed by atoms with E-state index in [1.807, 2.05) is 60.7 Å². The fourth-order valence-corrected chi connectivity index (χ4v) is 9.12. The average molecular weight is 1470 g/mol. The predicted molar refractivity (Wildman–Crippen MR) is 329 cm³/mol. The number of carbonyl (C=O) groups excluding carboxylic acids is 4. The number of rotatable bonds is 7. The zero-order valence-electron chi connectivity index (χ0n) is 40.9. The summed E-state index contributed by atoms with van der Waals surface area (Å²) < 4.78 is 66.7. The van der Waals surface area contributed by atoms with E-state index in [0.717, 1.165) is 27.6 Å². The number of halogens is 13. The Labute approximate surface area is 513 Å². The molecule has 0 amide bonds. The summed E-state index contributed by atoms with van der Waals surface area (Å²) in [4.78, 5) is 51.8. The van der Waals surface area contributed by atoms with Gasteiger partial charge in [-0.3, -0.25) is 19.2 Å². The van der Waals surface area contributed by atoms with Crippen LogP contribution in [0.1, 0.15) is 38.2 Å². The van der Waals surface area contributed by atoms with E-state index in [1.165, 1.54) is 48.6 Å². The number of benzene rings is 7. The van der Waals surface area contributed by atoms with Crippen LogP contribution in [0.4, 0.5) is 27.6 Å². The second-order valence-electron chi connectivity index (χ2n) is 16.2. The van der Waals surface area contributed by atoms with E-state index >= 15 is 0 Å². The lowest BCUT2D eigenvalue weighted by molar-refractivity contribution is -0.114. The van der Waals surface area contributed by atoms with E-state index in [4.69, 9.17) is 40.5 Å². The summed E-state index contributed by atoms with van der Waals surface area (Å²) in [5.41, 5.74) is 11.3. The maximum absolute atomic E-state index is 13.3. The lowest BCUT2D eigenvalue weighted by Gasteiger charge is -2.11. The first-order valence-corrected chi connectivity index (χ1v) is 28.1. The summed E-state index contributed by atoms with van der Waals surface area (Å²) in [7, 11) is 0. The minimum Gasteiger partial charge on any atom is -0.398 e. The van der Waals surface area contributed by atoms with Crippen LogP contribution in [0.15, 0.2) is 192 Å². The quantitative estimate of drug-likeness (QED) is 0.0421. The minimum absolute atomic E-state index is 0.0128. The number of pyridine rings is 2. The number of aromatic nitrogens is 2. The molecular weight excluding hydrogens is 1430 g/mol. The van der Waals surface area contributed by atoms with Crippen LogP contribution in [0, 0.1) is 29.1 Å². The Morgan fingerprint density at radius 3 is 1.65 bits per heavy atom. The molecular formula is C60H38Br5Cl3F5N3O4. The average Bonchev–Trinajstić information content (AvgIpc) is 3.47. The number of allylic oxidation sites excluding steroid dienone is 3. The van der Waals surface area contributed by atoms with Crippen LogP contribution in [0.5, 0.6) is 0 Å². The van der Waals surface area contributed by atoms with Gasteiger partial charge in [-0.05, 0) is 204 Å². The third-order valence-electron chi connectivity index (χ3n) is 10.6. The third kappa shape index (κ3) is 19.9. The Balaban J connectivity index is 0.000000179. The smallest absolute Gasteiger partial charge is 0.245 e. The Hall–Kier alpha value is -6.02. The summed E-state index contributed by atoms with van der Waals surface area (Å²) in [6.07, 6.45) is 10.6. The van der Waals surface area contributed by atoms with Crippen molar-refractivity contribution in [3.8, 4) is 0 Å². The van der Waals surface area contributed by atoms with Crippen molar-refractivity contribution >= 4 is 183 Å². The molecule has 0 unspecified atom stereocenters. The maximum atomic E-state index is 13.3. The van der Waals surface area contributed by atoms with Crippen LogP contribution in [0.2, 0.25) is 10.3 Å². The highest BCUT2D eigenvalue weighted by atomic mass is 79.9. The molecule has 7 aromatic carbocycles. The van der Waals surface area contributed by atoms with Crippen molar-refractivity contribution in [3.05, 3.63) is 265 Å². The second kappa shape index (κ2) is 32.4. The van der Waals surface area contributed by atoms with Gasteiger partial charge in [0.25, 0.3) is 0 Å². The van der Waals surface area contributed by atoms with Gasteiger partial charge in [0.15, 0.2) is 17.9 Å². The van der Waals surface area contributed by atoms with E-state index in [0.29, 0.717) is 62.6 Å². The van der Waals surface area contributed by atoms with Gasteiger partial charge in [0.2, 0.25) is 5.24 Å². The van der Waals surface area contributed by atoms with Crippen LogP contribution in [-0.4, -0.2) is 33.1 Å². The molecule has 0 bridgehead atoms. The van der Waals surface area contributed by atoms with E-state index < -0.39 is 11.1 Å². The van der Waals surface area contributed by atoms with Crippen LogP contribution in [0.3, 0.4) is 0 Å². The zero-order chi connectivity index (χ0) is 58.5. The molecule has 0 saturated heterocycles. The van der Waals surface area contributed by atoms with Crippen molar-refractivity contribution in [1.29, 1.82) is 0 Å². The van der Waals surface area contributed by atoms with Gasteiger partial charge >= 0.3 is 0 Å². The fourth-order valence-electron chi connectivity index (χ4n) is 6.65. The van der Waals surface area contributed by atoms with Crippen molar-refractivity contribution < 1.29 is 41.1 Å². The first-order valence-electron chi connectivity index (χ1n) is 23.0. The van der Waals surface area contributed by atoms with E-state index in [2.05, 4.69) is 89.6 Å². The van der Waals surface area contributed by atoms with Gasteiger partial charge in [0.1, 0.15) is 39.4 Å². The van der Waals surface area contributed by atoms with Crippen molar-refractivity contribution in [2.45, 2.75) is 12.8 Å².